The fourth-order valence-corrected chi connectivity index (χ4v) is 2.39. The highest BCUT2D eigenvalue weighted by Gasteiger charge is 2.21. The molecule has 0 unspecified atom stereocenters. The molecular formula is C11H15N5. The number of anilines is 1. The molecule has 0 amide bonds. The van der Waals surface area contributed by atoms with Crippen molar-refractivity contribution in [2.75, 3.05) is 11.4 Å². The molecule has 0 saturated carbocycles. The van der Waals surface area contributed by atoms with Gasteiger partial charge < -0.3 is 4.90 Å². The number of nitrogens with one attached hydrogen (secondary N) is 1. The van der Waals surface area contributed by atoms with Crippen LogP contribution in [-0.2, 0) is 0 Å². The molecule has 5 heteroatoms. The molecule has 0 aliphatic carbocycles. The third kappa shape index (κ3) is 1.43. The standard InChI is InChI=1S/C11H15N5/c1-8-4-2-3-5-16(8)11-9-6-14-15-10(9)12-7-13-11/h6-8H,2-5H2,1H3,(H,12,13,14,15)/t8-/m1/s1. The second-order valence-corrected chi connectivity index (χ2v) is 4.37. The fourth-order valence-electron chi connectivity index (χ4n) is 2.39. The molecule has 3 rings (SSSR count). The van der Waals surface area contributed by atoms with Crippen LogP contribution in [0.25, 0.3) is 11.0 Å². The first-order chi connectivity index (χ1) is 7.86. The molecule has 2 aromatic heterocycles. The van der Waals surface area contributed by atoms with Crippen molar-refractivity contribution in [2.45, 2.75) is 32.2 Å². The number of aromatic amines is 1. The highest BCUT2D eigenvalue weighted by molar-refractivity contribution is 5.86. The first-order valence-electron chi connectivity index (χ1n) is 5.77. The number of rotatable bonds is 1. The van der Waals surface area contributed by atoms with Crippen LogP contribution in [0.4, 0.5) is 5.82 Å². The van der Waals surface area contributed by atoms with Gasteiger partial charge in [-0.25, -0.2) is 9.97 Å². The van der Waals surface area contributed by atoms with E-state index in [1.54, 1.807) is 6.33 Å². The summed E-state index contributed by atoms with van der Waals surface area (Å²) in [7, 11) is 0. The Kier molecular flexibility index (Phi) is 2.23. The Morgan fingerprint density at radius 2 is 2.31 bits per heavy atom. The van der Waals surface area contributed by atoms with Crippen molar-refractivity contribution in [3.8, 4) is 0 Å². The summed E-state index contributed by atoms with van der Waals surface area (Å²) in [6.45, 7) is 3.34. The molecular weight excluding hydrogens is 202 g/mol. The van der Waals surface area contributed by atoms with Crippen molar-refractivity contribution >= 4 is 16.9 Å². The summed E-state index contributed by atoms with van der Waals surface area (Å²) in [5.41, 5.74) is 0.822. The molecule has 1 aliphatic heterocycles. The van der Waals surface area contributed by atoms with Crippen LogP contribution in [0.5, 0.6) is 0 Å². The van der Waals surface area contributed by atoms with E-state index in [4.69, 9.17) is 0 Å². The van der Waals surface area contributed by atoms with Gasteiger partial charge in [0.25, 0.3) is 0 Å². The van der Waals surface area contributed by atoms with Crippen molar-refractivity contribution in [2.24, 2.45) is 0 Å². The van der Waals surface area contributed by atoms with E-state index in [0.29, 0.717) is 6.04 Å². The molecule has 16 heavy (non-hydrogen) atoms. The lowest BCUT2D eigenvalue weighted by atomic mass is 10.0. The first-order valence-corrected chi connectivity index (χ1v) is 5.77. The molecule has 84 valence electrons. The third-order valence-electron chi connectivity index (χ3n) is 3.30. The van der Waals surface area contributed by atoms with Gasteiger partial charge in [0.15, 0.2) is 5.65 Å². The van der Waals surface area contributed by atoms with E-state index in [-0.39, 0.29) is 0 Å². The van der Waals surface area contributed by atoms with Gasteiger partial charge in [-0.3, -0.25) is 5.10 Å². The molecule has 1 aliphatic rings. The lowest BCUT2D eigenvalue weighted by Gasteiger charge is -2.34. The van der Waals surface area contributed by atoms with E-state index in [9.17, 15) is 0 Å². The van der Waals surface area contributed by atoms with Crippen molar-refractivity contribution in [3.63, 3.8) is 0 Å². The maximum absolute atomic E-state index is 4.41. The van der Waals surface area contributed by atoms with Crippen molar-refractivity contribution in [1.82, 2.24) is 20.2 Å². The zero-order chi connectivity index (χ0) is 11.0. The Morgan fingerprint density at radius 3 is 3.19 bits per heavy atom. The SMILES string of the molecule is C[C@@H]1CCCCN1c1ncnc2[nH]ncc12. The summed E-state index contributed by atoms with van der Waals surface area (Å²) < 4.78 is 0. The van der Waals surface area contributed by atoms with E-state index in [0.717, 1.165) is 23.4 Å². The Hall–Kier alpha value is -1.65. The van der Waals surface area contributed by atoms with E-state index in [1.165, 1.54) is 19.3 Å². The van der Waals surface area contributed by atoms with Crippen molar-refractivity contribution in [3.05, 3.63) is 12.5 Å². The monoisotopic (exact) mass is 217 g/mol. The lowest BCUT2D eigenvalue weighted by Crippen LogP contribution is -2.38. The number of fused-ring (bicyclic) bond motifs is 1. The van der Waals surface area contributed by atoms with Crippen molar-refractivity contribution in [1.29, 1.82) is 0 Å². The average molecular weight is 217 g/mol. The highest BCUT2D eigenvalue weighted by Crippen LogP contribution is 2.27. The summed E-state index contributed by atoms with van der Waals surface area (Å²) in [5, 5.41) is 7.94. The Labute approximate surface area is 93.9 Å². The zero-order valence-corrected chi connectivity index (χ0v) is 9.35. The summed E-state index contributed by atoms with van der Waals surface area (Å²) in [5.74, 6) is 1.02. The third-order valence-corrected chi connectivity index (χ3v) is 3.30. The van der Waals surface area contributed by atoms with Crippen LogP contribution in [0, 0.1) is 0 Å². The van der Waals surface area contributed by atoms with E-state index in [1.807, 2.05) is 6.20 Å². The van der Waals surface area contributed by atoms with Crippen LogP contribution >= 0.6 is 0 Å². The molecule has 5 nitrogen and oxygen atoms in total. The minimum absolute atomic E-state index is 0.557. The summed E-state index contributed by atoms with van der Waals surface area (Å²) in [4.78, 5) is 10.9. The Balaban J connectivity index is 2.07. The normalized spacial score (nSPS) is 21.6. The van der Waals surface area contributed by atoms with Gasteiger partial charge in [-0.05, 0) is 26.2 Å². The number of nitrogens with zero attached hydrogens (tertiary/aromatic N) is 4. The van der Waals surface area contributed by atoms with Crippen LogP contribution in [0.15, 0.2) is 12.5 Å². The average Bonchev–Trinajstić information content (AvgIpc) is 2.77. The topological polar surface area (TPSA) is 57.7 Å². The van der Waals surface area contributed by atoms with Crippen LogP contribution in [-0.4, -0.2) is 32.8 Å². The largest absolute Gasteiger partial charge is 0.353 e. The van der Waals surface area contributed by atoms with Crippen molar-refractivity contribution < 1.29 is 0 Å². The molecule has 1 saturated heterocycles. The van der Waals surface area contributed by atoms with Gasteiger partial charge in [0.05, 0.1) is 11.6 Å². The minimum Gasteiger partial charge on any atom is -0.353 e. The molecule has 0 aromatic carbocycles. The van der Waals surface area contributed by atoms with Crippen LogP contribution < -0.4 is 4.90 Å². The smallest absolute Gasteiger partial charge is 0.160 e. The summed E-state index contributed by atoms with van der Waals surface area (Å²) in [6, 6.07) is 0.557. The maximum Gasteiger partial charge on any atom is 0.160 e. The zero-order valence-electron chi connectivity index (χ0n) is 9.35. The number of piperidine rings is 1. The predicted octanol–water partition coefficient (Wildman–Crippen LogP) is 1.73. The Morgan fingerprint density at radius 1 is 1.38 bits per heavy atom. The minimum atomic E-state index is 0.557. The maximum atomic E-state index is 4.41. The van der Waals surface area contributed by atoms with Gasteiger partial charge in [-0.2, -0.15) is 5.10 Å². The quantitative estimate of drug-likeness (QED) is 0.790. The molecule has 2 aromatic rings. The van der Waals surface area contributed by atoms with E-state index < -0.39 is 0 Å². The fraction of sp³-hybridized carbons (Fsp3) is 0.545. The van der Waals surface area contributed by atoms with Gasteiger partial charge in [0.2, 0.25) is 0 Å². The van der Waals surface area contributed by atoms with Gasteiger partial charge in [0, 0.05) is 12.6 Å². The van der Waals surface area contributed by atoms with Crippen LogP contribution in [0.3, 0.4) is 0 Å². The molecule has 0 radical (unpaired) electrons. The number of hydrogen-bond acceptors (Lipinski definition) is 4. The molecule has 1 fully saturated rings. The number of aromatic nitrogens is 4. The molecule has 1 N–H and O–H groups in total. The van der Waals surface area contributed by atoms with Gasteiger partial charge in [0.1, 0.15) is 12.1 Å². The lowest BCUT2D eigenvalue weighted by molar-refractivity contribution is 0.482. The predicted molar refractivity (Wildman–Crippen MR) is 62.3 cm³/mol. The second kappa shape index (κ2) is 3.73. The number of hydrogen-bond donors (Lipinski definition) is 1. The summed E-state index contributed by atoms with van der Waals surface area (Å²) >= 11 is 0. The number of H-pyrrole nitrogens is 1. The molecule has 0 bridgehead atoms. The van der Waals surface area contributed by atoms with E-state index >= 15 is 0 Å². The van der Waals surface area contributed by atoms with Gasteiger partial charge >= 0.3 is 0 Å². The van der Waals surface area contributed by atoms with Gasteiger partial charge in [-0.1, -0.05) is 0 Å². The van der Waals surface area contributed by atoms with Gasteiger partial charge in [-0.15, -0.1) is 0 Å². The second-order valence-electron chi connectivity index (χ2n) is 4.37. The highest BCUT2D eigenvalue weighted by atomic mass is 15.2. The molecule has 1 atom stereocenters. The summed E-state index contributed by atoms with van der Waals surface area (Å²) in [6.07, 6.45) is 7.22. The molecule has 0 spiro atoms. The first kappa shape index (κ1) is 9.57. The van der Waals surface area contributed by atoms with Crippen LogP contribution in [0.2, 0.25) is 0 Å². The van der Waals surface area contributed by atoms with E-state index in [2.05, 4.69) is 32.0 Å². The molecule has 3 heterocycles. The van der Waals surface area contributed by atoms with Crippen LogP contribution in [0.1, 0.15) is 26.2 Å². The Bertz CT molecular complexity index is 492.